The second-order valence-corrected chi connectivity index (χ2v) is 6.12. The first-order chi connectivity index (χ1) is 7.80. The van der Waals surface area contributed by atoms with Gasteiger partial charge in [0.2, 0.25) is 0 Å². The number of hydrogen-bond acceptors (Lipinski definition) is 1. The van der Waals surface area contributed by atoms with E-state index in [2.05, 4.69) is 45.5 Å². The van der Waals surface area contributed by atoms with Crippen molar-refractivity contribution in [2.24, 2.45) is 0 Å². The minimum Gasteiger partial charge on any atom is -0.313 e. The predicted octanol–water partition coefficient (Wildman–Crippen LogP) is 3.62. The largest absolute Gasteiger partial charge is 0.313 e. The molecule has 0 radical (unpaired) electrons. The number of rotatable bonds is 4. The Balaban J connectivity index is 1.80. The highest BCUT2D eigenvalue weighted by Crippen LogP contribution is 2.46. The van der Waals surface area contributed by atoms with Crippen LogP contribution in [0.25, 0.3) is 0 Å². The SMILES string of the molecule is Brc1ccccc1C1(CNC2CC2)CCC1. The molecule has 1 nitrogen and oxygen atoms in total. The molecule has 0 bridgehead atoms. The highest BCUT2D eigenvalue weighted by atomic mass is 79.9. The standard InChI is InChI=1S/C14H18BrN/c15-13-5-2-1-4-12(13)14(8-3-9-14)10-16-11-6-7-11/h1-2,4-5,11,16H,3,6-10H2. The van der Waals surface area contributed by atoms with Gasteiger partial charge in [0.1, 0.15) is 0 Å². The van der Waals surface area contributed by atoms with Crippen LogP contribution in [0, 0.1) is 0 Å². The number of hydrogen-bond donors (Lipinski definition) is 1. The lowest BCUT2D eigenvalue weighted by atomic mass is 9.64. The van der Waals surface area contributed by atoms with Gasteiger partial charge in [0.05, 0.1) is 0 Å². The highest BCUT2D eigenvalue weighted by Gasteiger charge is 2.40. The van der Waals surface area contributed by atoms with Gasteiger partial charge >= 0.3 is 0 Å². The van der Waals surface area contributed by atoms with E-state index in [1.54, 1.807) is 0 Å². The van der Waals surface area contributed by atoms with Crippen LogP contribution in [0.15, 0.2) is 28.7 Å². The van der Waals surface area contributed by atoms with E-state index in [1.807, 2.05) is 0 Å². The molecule has 0 heterocycles. The molecule has 0 saturated heterocycles. The Labute approximate surface area is 106 Å². The molecular formula is C14H18BrN. The minimum absolute atomic E-state index is 0.419. The first kappa shape index (κ1) is 10.8. The van der Waals surface area contributed by atoms with E-state index in [4.69, 9.17) is 0 Å². The summed E-state index contributed by atoms with van der Waals surface area (Å²) in [4.78, 5) is 0. The monoisotopic (exact) mass is 279 g/mol. The number of nitrogens with one attached hydrogen (secondary N) is 1. The van der Waals surface area contributed by atoms with Gasteiger partial charge in [-0.2, -0.15) is 0 Å². The number of halogens is 1. The van der Waals surface area contributed by atoms with Gasteiger partial charge in [0, 0.05) is 22.5 Å². The van der Waals surface area contributed by atoms with Crippen LogP contribution in [-0.4, -0.2) is 12.6 Å². The quantitative estimate of drug-likeness (QED) is 0.888. The van der Waals surface area contributed by atoms with Crippen LogP contribution in [0.4, 0.5) is 0 Å². The van der Waals surface area contributed by atoms with Gasteiger partial charge in [-0.1, -0.05) is 40.5 Å². The molecule has 0 amide bonds. The van der Waals surface area contributed by atoms with Crippen molar-refractivity contribution in [1.82, 2.24) is 5.32 Å². The summed E-state index contributed by atoms with van der Waals surface area (Å²) in [5.74, 6) is 0. The van der Waals surface area contributed by atoms with Gasteiger partial charge in [-0.3, -0.25) is 0 Å². The summed E-state index contributed by atoms with van der Waals surface area (Å²) >= 11 is 3.70. The molecule has 2 fully saturated rings. The zero-order valence-corrected chi connectivity index (χ0v) is 11.1. The van der Waals surface area contributed by atoms with Crippen molar-refractivity contribution in [1.29, 1.82) is 0 Å². The van der Waals surface area contributed by atoms with Gasteiger partial charge in [-0.05, 0) is 37.3 Å². The summed E-state index contributed by atoms with van der Waals surface area (Å²) in [5, 5.41) is 3.70. The lowest BCUT2D eigenvalue weighted by molar-refractivity contribution is 0.232. The maximum Gasteiger partial charge on any atom is 0.0213 e. The molecule has 0 spiro atoms. The second kappa shape index (κ2) is 4.15. The molecule has 86 valence electrons. The molecular weight excluding hydrogens is 262 g/mol. The summed E-state index contributed by atoms with van der Waals surface area (Å²) < 4.78 is 1.28. The van der Waals surface area contributed by atoms with Crippen molar-refractivity contribution in [3.05, 3.63) is 34.3 Å². The molecule has 3 rings (SSSR count). The van der Waals surface area contributed by atoms with Crippen LogP contribution in [-0.2, 0) is 5.41 Å². The summed E-state index contributed by atoms with van der Waals surface area (Å²) in [6.45, 7) is 1.17. The van der Waals surface area contributed by atoms with Crippen molar-refractivity contribution in [2.45, 2.75) is 43.6 Å². The van der Waals surface area contributed by atoms with Gasteiger partial charge in [0.15, 0.2) is 0 Å². The van der Waals surface area contributed by atoms with E-state index in [0.29, 0.717) is 5.41 Å². The van der Waals surface area contributed by atoms with Gasteiger partial charge in [-0.15, -0.1) is 0 Å². The van der Waals surface area contributed by atoms with Crippen LogP contribution in [0.2, 0.25) is 0 Å². The summed E-state index contributed by atoms with van der Waals surface area (Å²) in [6.07, 6.45) is 6.83. The van der Waals surface area contributed by atoms with Crippen molar-refractivity contribution in [3.63, 3.8) is 0 Å². The third kappa shape index (κ3) is 1.93. The zero-order valence-electron chi connectivity index (χ0n) is 9.51. The molecule has 0 aliphatic heterocycles. The fraction of sp³-hybridized carbons (Fsp3) is 0.571. The third-order valence-electron chi connectivity index (χ3n) is 4.06. The molecule has 0 aromatic heterocycles. The summed E-state index contributed by atoms with van der Waals surface area (Å²) in [7, 11) is 0. The lowest BCUT2D eigenvalue weighted by Gasteiger charge is -2.43. The number of benzene rings is 1. The molecule has 0 atom stereocenters. The van der Waals surface area contributed by atoms with E-state index in [1.165, 1.54) is 48.7 Å². The van der Waals surface area contributed by atoms with Crippen molar-refractivity contribution < 1.29 is 0 Å². The average Bonchev–Trinajstić information content (AvgIpc) is 3.02. The topological polar surface area (TPSA) is 12.0 Å². The molecule has 2 heteroatoms. The molecule has 2 saturated carbocycles. The molecule has 1 aromatic rings. The first-order valence-electron chi connectivity index (χ1n) is 6.29. The van der Waals surface area contributed by atoms with E-state index in [9.17, 15) is 0 Å². The predicted molar refractivity (Wildman–Crippen MR) is 70.7 cm³/mol. The Hall–Kier alpha value is -0.340. The Kier molecular flexibility index (Phi) is 2.80. The van der Waals surface area contributed by atoms with E-state index >= 15 is 0 Å². The van der Waals surface area contributed by atoms with Gasteiger partial charge < -0.3 is 5.32 Å². The van der Waals surface area contributed by atoms with E-state index in [0.717, 1.165) is 6.04 Å². The second-order valence-electron chi connectivity index (χ2n) is 5.27. The zero-order chi connectivity index (χ0) is 11.0. The molecule has 0 unspecified atom stereocenters. The fourth-order valence-corrected chi connectivity index (χ4v) is 3.37. The van der Waals surface area contributed by atoms with Gasteiger partial charge in [-0.25, -0.2) is 0 Å². The average molecular weight is 280 g/mol. The summed E-state index contributed by atoms with van der Waals surface area (Å²) in [6, 6.07) is 9.55. The van der Waals surface area contributed by atoms with Crippen LogP contribution < -0.4 is 5.32 Å². The highest BCUT2D eigenvalue weighted by molar-refractivity contribution is 9.10. The summed E-state index contributed by atoms with van der Waals surface area (Å²) in [5.41, 5.74) is 1.93. The Bertz CT molecular complexity index is 380. The maximum absolute atomic E-state index is 3.70. The smallest absolute Gasteiger partial charge is 0.0213 e. The fourth-order valence-electron chi connectivity index (χ4n) is 2.66. The van der Waals surface area contributed by atoms with E-state index < -0.39 is 0 Å². The van der Waals surface area contributed by atoms with Crippen molar-refractivity contribution in [3.8, 4) is 0 Å². The molecule has 1 N–H and O–H groups in total. The Morgan fingerprint density at radius 2 is 2.00 bits per heavy atom. The van der Waals surface area contributed by atoms with E-state index in [-0.39, 0.29) is 0 Å². The normalized spacial score (nSPS) is 22.8. The molecule has 16 heavy (non-hydrogen) atoms. The lowest BCUT2D eigenvalue weighted by Crippen LogP contribution is -2.44. The third-order valence-corrected chi connectivity index (χ3v) is 4.75. The molecule has 1 aromatic carbocycles. The van der Waals surface area contributed by atoms with Crippen LogP contribution in [0.1, 0.15) is 37.7 Å². The van der Waals surface area contributed by atoms with Crippen molar-refractivity contribution in [2.75, 3.05) is 6.54 Å². The first-order valence-corrected chi connectivity index (χ1v) is 7.08. The van der Waals surface area contributed by atoms with Gasteiger partial charge in [0.25, 0.3) is 0 Å². The van der Waals surface area contributed by atoms with Crippen LogP contribution >= 0.6 is 15.9 Å². The molecule has 2 aliphatic carbocycles. The Morgan fingerprint density at radius 3 is 2.56 bits per heavy atom. The van der Waals surface area contributed by atoms with Crippen molar-refractivity contribution >= 4 is 15.9 Å². The molecule has 2 aliphatic rings. The minimum atomic E-state index is 0.419. The van der Waals surface area contributed by atoms with Crippen LogP contribution in [0.5, 0.6) is 0 Å². The van der Waals surface area contributed by atoms with Crippen LogP contribution in [0.3, 0.4) is 0 Å². The Morgan fingerprint density at radius 1 is 1.25 bits per heavy atom. The maximum atomic E-state index is 3.70.